The van der Waals surface area contributed by atoms with E-state index in [0.29, 0.717) is 17.3 Å². The molecular weight excluding hydrogens is 240 g/mol. The largest absolute Gasteiger partial charge is 0.495 e. The molecule has 1 aromatic carbocycles. The number of carbonyl (C=O) groups is 1. The van der Waals surface area contributed by atoms with Crippen molar-refractivity contribution in [2.24, 2.45) is 0 Å². The summed E-state index contributed by atoms with van der Waals surface area (Å²) in [5.74, 6) is 0.686. The second kappa shape index (κ2) is 3.62. The van der Waals surface area contributed by atoms with Crippen molar-refractivity contribution in [1.29, 1.82) is 0 Å². The van der Waals surface area contributed by atoms with Crippen LogP contribution < -0.4 is 15.4 Å². The van der Waals surface area contributed by atoms with E-state index in [-0.39, 0.29) is 5.91 Å². The first kappa shape index (κ1) is 10.9. The summed E-state index contributed by atoms with van der Waals surface area (Å²) >= 11 is 6.26. The molecule has 2 aliphatic rings. The Morgan fingerprint density at radius 1 is 1.47 bits per heavy atom. The molecule has 1 saturated heterocycles. The number of hydrogen-bond acceptors (Lipinski definition) is 3. The number of benzene rings is 1. The molecule has 17 heavy (non-hydrogen) atoms. The number of rotatable bonds is 1. The summed E-state index contributed by atoms with van der Waals surface area (Å²) in [6, 6.07) is 3.57. The average Bonchev–Trinajstić information content (AvgIpc) is 2.89. The molecule has 1 aromatic rings. The standard InChI is InChI=1S/C12H13ClN2O2/c1-17-8-3-2-7(13)9-10(8)15-11(16)12(9)4-5-14-6-12/h2-3,14H,4-6H2,1H3,(H,15,16). The van der Waals surface area contributed by atoms with Crippen molar-refractivity contribution in [2.45, 2.75) is 11.8 Å². The second-order valence-electron chi connectivity index (χ2n) is 4.46. The van der Waals surface area contributed by atoms with Crippen molar-refractivity contribution in [2.75, 3.05) is 25.5 Å². The SMILES string of the molecule is COc1ccc(Cl)c2c1NC(=O)C21CCNC1. The van der Waals surface area contributed by atoms with Gasteiger partial charge in [0.15, 0.2) is 0 Å². The second-order valence-corrected chi connectivity index (χ2v) is 4.87. The van der Waals surface area contributed by atoms with Gasteiger partial charge < -0.3 is 15.4 Å². The first-order valence-electron chi connectivity index (χ1n) is 5.58. The predicted octanol–water partition coefficient (Wildman–Crippen LogP) is 1.53. The molecule has 2 heterocycles. The van der Waals surface area contributed by atoms with E-state index in [1.54, 1.807) is 19.2 Å². The van der Waals surface area contributed by atoms with Crippen LogP contribution in [0.3, 0.4) is 0 Å². The molecular formula is C12H13ClN2O2. The molecule has 1 atom stereocenters. The van der Waals surface area contributed by atoms with Crippen LogP contribution in [0, 0.1) is 0 Å². The lowest BCUT2D eigenvalue weighted by atomic mass is 9.81. The lowest BCUT2D eigenvalue weighted by Gasteiger charge is -2.20. The first-order chi connectivity index (χ1) is 8.19. The zero-order valence-corrected chi connectivity index (χ0v) is 10.2. The van der Waals surface area contributed by atoms with E-state index in [1.807, 2.05) is 0 Å². The van der Waals surface area contributed by atoms with E-state index in [9.17, 15) is 4.79 Å². The van der Waals surface area contributed by atoms with Crippen LogP contribution in [0.5, 0.6) is 5.75 Å². The highest BCUT2D eigenvalue weighted by Crippen LogP contribution is 2.49. The maximum absolute atomic E-state index is 12.2. The summed E-state index contributed by atoms with van der Waals surface area (Å²) in [6.45, 7) is 1.47. The number of anilines is 1. The number of fused-ring (bicyclic) bond motifs is 2. The van der Waals surface area contributed by atoms with Gasteiger partial charge in [-0.15, -0.1) is 0 Å². The molecule has 90 valence electrons. The van der Waals surface area contributed by atoms with Crippen molar-refractivity contribution < 1.29 is 9.53 Å². The number of carbonyl (C=O) groups excluding carboxylic acids is 1. The van der Waals surface area contributed by atoms with Gasteiger partial charge in [0.05, 0.1) is 18.2 Å². The Morgan fingerprint density at radius 2 is 2.29 bits per heavy atom. The smallest absolute Gasteiger partial charge is 0.236 e. The minimum absolute atomic E-state index is 0.0175. The molecule has 1 spiro atoms. The van der Waals surface area contributed by atoms with Gasteiger partial charge in [-0.25, -0.2) is 0 Å². The molecule has 0 aliphatic carbocycles. The fraction of sp³-hybridized carbons (Fsp3) is 0.417. The molecule has 1 fully saturated rings. The lowest BCUT2D eigenvalue weighted by molar-refractivity contribution is -0.120. The monoisotopic (exact) mass is 252 g/mol. The summed E-state index contributed by atoms with van der Waals surface area (Å²) in [4.78, 5) is 12.2. The number of amides is 1. The number of methoxy groups -OCH3 is 1. The van der Waals surface area contributed by atoms with Gasteiger partial charge >= 0.3 is 0 Å². The highest BCUT2D eigenvalue weighted by molar-refractivity contribution is 6.33. The maximum Gasteiger partial charge on any atom is 0.236 e. The van der Waals surface area contributed by atoms with Crippen molar-refractivity contribution in [3.63, 3.8) is 0 Å². The summed E-state index contributed by atoms with van der Waals surface area (Å²) in [6.07, 6.45) is 0.777. The van der Waals surface area contributed by atoms with Crippen LogP contribution in [0.1, 0.15) is 12.0 Å². The maximum atomic E-state index is 12.2. The highest BCUT2D eigenvalue weighted by Gasteiger charge is 2.50. The van der Waals surface area contributed by atoms with Crippen LogP contribution >= 0.6 is 11.6 Å². The summed E-state index contributed by atoms with van der Waals surface area (Å²) in [5.41, 5.74) is 1.10. The van der Waals surface area contributed by atoms with Crippen LogP contribution in [-0.4, -0.2) is 26.1 Å². The highest BCUT2D eigenvalue weighted by atomic mass is 35.5. The van der Waals surface area contributed by atoms with Gasteiger partial charge in [-0.2, -0.15) is 0 Å². The van der Waals surface area contributed by atoms with Crippen LogP contribution in [0.15, 0.2) is 12.1 Å². The molecule has 1 amide bonds. The van der Waals surface area contributed by atoms with Gasteiger partial charge in [-0.1, -0.05) is 11.6 Å². The Kier molecular flexibility index (Phi) is 2.31. The van der Waals surface area contributed by atoms with E-state index in [1.165, 1.54) is 0 Å². The Labute approximate surface area is 104 Å². The average molecular weight is 253 g/mol. The summed E-state index contributed by atoms with van der Waals surface area (Å²) in [7, 11) is 1.59. The normalized spacial score (nSPS) is 26.1. The van der Waals surface area contributed by atoms with Gasteiger partial charge in [-0.05, 0) is 25.1 Å². The molecule has 4 nitrogen and oxygen atoms in total. The lowest BCUT2D eigenvalue weighted by Crippen LogP contribution is -2.36. The zero-order chi connectivity index (χ0) is 12.0. The van der Waals surface area contributed by atoms with Gasteiger partial charge in [0.25, 0.3) is 0 Å². The van der Waals surface area contributed by atoms with Gasteiger partial charge in [0, 0.05) is 17.1 Å². The Morgan fingerprint density at radius 3 is 2.94 bits per heavy atom. The van der Waals surface area contributed by atoms with Crippen molar-refractivity contribution >= 4 is 23.2 Å². The number of hydrogen-bond donors (Lipinski definition) is 2. The van der Waals surface area contributed by atoms with Crippen LogP contribution in [0.2, 0.25) is 5.02 Å². The van der Waals surface area contributed by atoms with Crippen molar-refractivity contribution in [3.05, 3.63) is 22.7 Å². The van der Waals surface area contributed by atoms with E-state index in [2.05, 4.69) is 10.6 Å². The molecule has 0 bridgehead atoms. The minimum Gasteiger partial charge on any atom is -0.495 e. The third kappa shape index (κ3) is 1.31. The summed E-state index contributed by atoms with van der Waals surface area (Å²) in [5, 5.41) is 6.76. The third-order valence-corrected chi connectivity index (χ3v) is 3.96. The van der Waals surface area contributed by atoms with Crippen LogP contribution in [0.4, 0.5) is 5.69 Å². The molecule has 2 aliphatic heterocycles. The van der Waals surface area contributed by atoms with Crippen molar-refractivity contribution in [1.82, 2.24) is 5.32 Å². The molecule has 0 radical (unpaired) electrons. The molecule has 0 aromatic heterocycles. The van der Waals surface area contributed by atoms with Crippen molar-refractivity contribution in [3.8, 4) is 5.75 Å². The Bertz CT molecular complexity index is 496. The fourth-order valence-electron chi connectivity index (χ4n) is 2.77. The van der Waals surface area contributed by atoms with E-state index < -0.39 is 5.41 Å². The third-order valence-electron chi connectivity index (χ3n) is 3.64. The number of ether oxygens (including phenoxy) is 1. The fourth-order valence-corrected chi connectivity index (χ4v) is 3.10. The minimum atomic E-state index is -0.513. The van der Waals surface area contributed by atoms with Gasteiger partial charge in [0.1, 0.15) is 5.75 Å². The van der Waals surface area contributed by atoms with Gasteiger partial charge in [0.2, 0.25) is 5.91 Å². The van der Waals surface area contributed by atoms with E-state index in [0.717, 1.165) is 24.2 Å². The molecule has 0 saturated carbocycles. The van der Waals surface area contributed by atoms with Crippen LogP contribution in [-0.2, 0) is 10.2 Å². The zero-order valence-electron chi connectivity index (χ0n) is 9.47. The Balaban J connectivity index is 2.24. The topological polar surface area (TPSA) is 50.4 Å². The molecule has 5 heteroatoms. The number of nitrogens with one attached hydrogen (secondary N) is 2. The van der Waals surface area contributed by atoms with Gasteiger partial charge in [-0.3, -0.25) is 4.79 Å². The van der Waals surface area contributed by atoms with E-state index in [4.69, 9.17) is 16.3 Å². The van der Waals surface area contributed by atoms with E-state index >= 15 is 0 Å². The molecule has 3 rings (SSSR count). The quantitative estimate of drug-likeness (QED) is 0.797. The predicted molar refractivity (Wildman–Crippen MR) is 65.8 cm³/mol. The number of halogens is 1. The summed E-state index contributed by atoms with van der Waals surface area (Å²) < 4.78 is 5.27. The van der Waals surface area contributed by atoms with Crippen LogP contribution in [0.25, 0.3) is 0 Å². The Hall–Kier alpha value is -1.26. The molecule has 2 N–H and O–H groups in total. The first-order valence-corrected chi connectivity index (χ1v) is 5.96. The molecule has 1 unspecified atom stereocenters.